The number of carbonyl (C=O) groups is 2. The molecule has 1 atom stereocenters. The second kappa shape index (κ2) is 7.88. The Hall–Kier alpha value is -1.76. The van der Waals surface area contributed by atoms with Crippen molar-refractivity contribution in [3.05, 3.63) is 52.0 Å². The van der Waals surface area contributed by atoms with Crippen LogP contribution in [0.1, 0.15) is 17.3 Å². The molecule has 2 aromatic carbocycles. The molecule has 0 aromatic heterocycles. The van der Waals surface area contributed by atoms with Gasteiger partial charge in [-0.1, -0.05) is 39.1 Å². The summed E-state index contributed by atoms with van der Waals surface area (Å²) >= 11 is 15.0. The van der Waals surface area contributed by atoms with Crippen LogP contribution in [0.2, 0.25) is 10.0 Å². The van der Waals surface area contributed by atoms with Gasteiger partial charge in [-0.2, -0.15) is 0 Å². The molecule has 0 saturated carbocycles. The molecule has 0 aliphatic carbocycles. The first-order valence-electron chi connectivity index (χ1n) is 6.82. The lowest BCUT2D eigenvalue weighted by Gasteiger charge is -2.13. The maximum Gasteiger partial charge on any atom is 0.255 e. The minimum atomic E-state index is -0.427. The van der Waals surface area contributed by atoms with E-state index in [1.807, 2.05) is 0 Å². The van der Waals surface area contributed by atoms with E-state index in [9.17, 15) is 14.7 Å². The van der Waals surface area contributed by atoms with Gasteiger partial charge in [0.15, 0.2) is 0 Å². The van der Waals surface area contributed by atoms with Crippen molar-refractivity contribution < 1.29 is 14.7 Å². The summed E-state index contributed by atoms with van der Waals surface area (Å²) in [7, 11) is 0. The van der Waals surface area contributed by atoms with E-state index >= 15 is 0 Å². The normalized spacial score (nSPS) is 11.7. The third-order valence-electron chi connectivity index (χ3n) is 3.06. The summed E-state index contributed by atoms with van der Waals surface area (Å²) in [5, 5.41) is 15.9. The van der Waals surface area contributed by atoms with Crippen LogP contribution in [0.3, 0.4) is 0 Å². The predicted octanol–water partition coefficient (Wildman–Crippen LogP) is 4.67. The maximum absolute atomic E-state index is 12.2. The van der Waals surface area contributed by atoms with Gasteiger partial charge in [-0.25, -0.2) is 0 Å². The molecular weight excluding hydrogens is 419 g/mol. The minimum Gasteiger partial charge on any atom is -0.506 e. The highest BCUT2D eigenvalue weighted by molar-refractivity contribution is 9.10. The first kappa shape index (κ1) is 18.6. The number of phenolic OH excluding ortho intramolecular Hbond substituents is 1. The Morgan fingerprint density at radius 1 is 1.08 bits per heavy atom. The average molecular weight is 432 g/mol. The third-order valence-corrected chi connectivity index (χ3v) is 4.04. The monoisotopic (exact) mass is 430 g/mol. The molecule has 0 radical (unpaired) electrons. The molecule has 3 N–H and O–H groups in total. The Kier molecular flexibility index (Phi) is 6.10. The number of aromatic hydroxyl groups is 1. The van der Waals surface area contributed by atoms with Crippen molar-refractivity contribution in [3.8, 4) is 5.75 Å². The number of alkyl halides is 1. The molecule has 0 fully saturated rings. The molecule has 8 heteroatoms. The quantitative estimate of drug-likeness (QED) is 0.486. The molecule has 0 aliphatic rings. The van der Waals surface area contributed by atoms with E-state index in [2.05, 4.69) is 26.6 Å². The van der Waals surface area contributed by atoms with Crippen LogP contribution in [-0.2, 0) is 4.79 Å². The zero-order valence-corrected chi connectivity index (χ0v) is 15.5. The number of nitrogens with one attached hydrogen (secondary N) is 2. The predicted molar refractivity (Wildman–Crippen MR) is 99.5 cm³/mol. The summed E-state index contributed by atoms with van der Waals surface area (Å²) in [5.41, 5.74) is 0.750. The summed E-state index contributed by atoms with van der Waals surface area (Å²) in [6.45, 7) is 1.66. The molecule has 126 valence electrons. The number of rotatable bonds is 4. The topological polar surface area (TPSA) is 78.4 Å². The summed E-state index contributed by atoms with van der Waals surface area (Å²) in [6, 6.07) is 8.92. The number of anilines is 2. The fraction of sp³-hybridized carbons (Fsp3) is 0.125. The highest BCUT2D eigenvalue weighted by atomic mass is 79.9. The largest absolute Gasteiger partial charge is 0.506 e. The minimum absolute atomic E-state index is 0.129. The van der Waals surface area contributed by atoms with Crippen molar-refractivity contribution in [2.24, 2.45) is 0 Å². The lowest BCUT2D eigenvalue weighted by molar-refractivity contribution is -0.115. The molecule has 5 nitrogen and oxygen atoms in total. The van der Waals surface area contributed by atoms with Gasteiger partial charge in [0.2, 0.25) is 5.91 Å². The van der Waals surface area contributed by atoms with Gasteiger partial charge < -0.3 is 15.7 Å². The highest BCUT2D eigenvalue weighted by Gasteiger charge is 2.15. The summed E-state index contributed by atoms with van der Waals surface area (Å²) in [4.78, 5) is 23.4. The Balaban J connectivity index is 2.19. The Morgan fingerprint density at radius 3 is 2.29 bits per heavy atom. The number of amides is 2. The van der Waals surface area contributed by atoms with Crippen molar-refractivity contribution in [1.82, 2.24) is 0 Å². The standard InChI is InChI=1S/C16H13BrCl2N2O3/c1-8(17)15(23)20-12-7-14(22)13(6-11(12)19)21-16(24)9-2-4-10(18)5-3-9/h2-8,22H,1H3,(H,20,23)(H,21,24). The van der Waals surface area contributed by atoms with Crippen LogP contribution in [0.5, 0.6) is 5.75 Å². The zero-order valence-electron chi connectivity index (χ0n) is 12.4. The highest BCUT2D eigenvalue weighted by Crippen LogP contribution is 2.34. The average Bonchev–Trinajstić information content (AvgIpc) is 2.52. The van der Waals surface area contributed by atoms with E-state index in [4.69, 9.17) is 23.2 Å². The Bertz CT molecular complexity index is 780. The Morgan fingerprint density at radius 2 is 1.71 bits per heavy atom. The molecule has 2 rings (SSSR count). The first-order chi connectivity index (χ1) is 11.3. The molecule has 0 saturated heterocycles. The van der Waals surface area contributed by atoms with Gasteiger partial charge in [-0.15, -0.1) is 0 Å². The fourth-order valence-electron chi connectivity index (χ4n) is 1.79. The van der Waals surface area contributed by atoms with Crippen molar-refractivity contribution >= 4 is 62.3 Å². The van der Waals surface area contributed by atoms with Gasteiger partial charge in [0, 0.05) is 16.7 Å². The van der Waals surface area contributed by atoms with Crippen LogP contribution in [0.15, 0.2) is 36.4 Å². The lowest BCUT2D eigenvalue weighted by atomic mass is 10.2. The molecule has 0 bridgehead atoms. The van der Waals surface area contributed by atoms with Crippen molar-refractivity contribution in [3.63, 3.8) is 0 Å². The second-order valence-corrected chi connectivity index (χ2v) is 7.13. The van der Waals surface area contributed by atoms with Crippen LogP contribution in [-0.4, -0.2) is 21.7 Å². The van der Waals surface area contributed by atoms with Crippen LogP contribution >= 0.6 is 39.1 Å². The summed E-state index contributed by atoms with van der Waals surface area (Å²) in [6.07, 6.45) is 0. The van der Waals surface area contributed by atoms with Crippen LogP contribution in [0.4, 0.5) is 11.4 Å². The number of hydrogen-bond acceptors (Lipinski definition) is 3. The van der Waals surface area contributed by atoms with Crippen molar-refractivity contribution in [2.75, 3.05) is 10.6 Å². The molecular formula is C16H13BrCl2N2O3. The lowest BCUT2D eigenvalue weighted by Crippen LogP contribution is -2.20. The number of halogens is 3. The maximum atomic E-state index is 12.2. The third kappa shape index (κ3) is 4.63. The smallest absolute Gasteiger partial charge is 0.255 e. The number of carbonyl (C=O) groups excluding carboxylic acids is 2. The summed E-state index contributed by atoms with van der Waals surface area (Å²) < 4.78 is 0. The van der Waals surface area contributed by atoms with Crippen LogP contribution in [0.25, 0.3) is 0 Å². The molecule has 0 aliphatic heterocycles. The van der Waals surface area contributed by atoms with Crippen LogP contribution < -0.4 is 10.6 Å². The molecule has 0 spiro atoms. The molecule has 1 unspecified atom stereocenters. The van der Waals surface area contributed by atoms with E-state index in [0.29, 0.717) is 10.6 Å². The van der Waals surface area contributed by atoms with Gasteiger partial charge in [0.05, 0.1) is 21.2 Å². The van der Waals surface area contributed by atoms with Crippen molar-refractivity contribution in [2.45, 2.75) is 11.8 Å². The van der Waals surface area contributed by atoms with E-state index < -0.39 is 10.7 Å². The van der Waals surface area contributed by atoms with Gasteiger partial charge in [0.1, 0.15) is 5.75 Å². The molecule has 2 amide bonds. The van der Waals surface area contributed by atoms with Crippen LogP contribution in [0, 0.1) is 0 Å². The fourth-order valence-corrected chi connectivity index (χ4v) is 2.24. The van der Waals surface area contributed by atoms with Gasteiger partial charge in [0.25, 0.3) is 5.91 Å². The number of phenols is 1. The Labute approximate surface area is 157 Å². The first-order valence-corrected chi connectivity index (χ1v) is 8.49. The molecule has 2 aromatic rings. The van der Waals surface area contributed by atoms with Gasteiger partial charge in [-0.05, 0) is 37.3 Å². The second-order valence-electron chi connectivity index (χ2n) is 4.92. The van der Waals surface area contributed by atoms with Gasteiger partial charge in [-0.3, -0.25) is 9.59 Å². The van der Waals surface area contributed by atoms with E-state index in [0.717, 1.165) is 0 Å². The molecule has 24 heavy (non-hydrogen) atoms. The zero-order chi connectivity index (χ0) is 17.9. The summed E-state index contributed by atoms with van der Waals surface area (Å²) in [5.74, 6) is -0.961. The number of benzene rings is 2. The van der Waals surface area contributed by atoms with Gasteiger partial charge >= 0.3 is 0 Å². The van der Waals surface area contributed by atoms with E-state index in [-0.39, 0.29) is 28.1 Å². The number of hydrogen-bond donors (Lipinski definition) is 3. The SMILES string of the molecule is CC(Br)C(=O)Nc1cc(O)c(NC(=O)c2ccc(Cl)cc2)cc1Cl. The van der Waals surface area contributed by atoms with E-state index in [1.54, 1.807) is 31.2 Å². The molecule has 0 heterocycles. The van der Waals surface area contributed by atoms with Crippen molar-refractivity contribution in [1.29, 1.82) is 0 Å². The van der Waals surface area contributed by atoms with E-state index in [1.165, 1.54) is 12.1 Å².